The summed E-state index contributed by atoms with van der Waals surface area (Å²) in [5, 5.41) is 15.9. The Morgan fingerprint density at radius 3 is 2.89 bits per heavy atom. The van der Waals surface area contributed by atoms with E-state index in [-0.39, 0.29) is 24.0 Å². The average molecular weight is 519 g/mol. The molecule has 3 rings (SSSR count). The van der Waals surface area contributed by atoms with Crippen molar-refractivity contribution in [2.75, 3.05) is 20.2 Å². The van der Waals surface area contributed by atoms with E-state index < -0.39 is 0 Å². The van der Waals surface area contributed by atoms with Crippen LogP contribution in [0.15, 0.2) is 23.2 Å². The van der Waals surface area contributed by atoms with Crippen molar-refractivity contribution in [3.63, 3.8) is 0 Å². The molecule has 0 saturated heterocycles. The van der Waals surface area contributed by atoms with Crippen LogP contribution in [-0.2, 0) is 25.9 Å². The van der Waals surface area contributed by atoms with Gasteiger partial charge < -0.3 is 19.9 Å². The van der Waals surface area contributed by atoms with Gasteiger partial charge in [-0.2, -0.15) is 0 Å². The molecule has 2 aromatic rings. The third kappa shape index (κ3) is 5.97. The van der Waals surface area contributed by atoms with Crippen molar-refractivity contribution in [3.05, 3.63) is 40.4 Å². The zero-order chi connectivity index (χ0) is 19.1. The molecule has 7 nitrogen and oxygen atoms in total. The Kier molecular flexibility index (Phi) is 9.30. The number of methoxy groups -OCH3 is 1. The molecular weight excluding hydrogens is 491 g/mol. The van der Waals surface area contributed by atoms with Crippen LogP contribution in [-0.4, -0.2) is 40.9 Å². The Morgan fingerprint density at radius 1 is 1.29 bits per heavy atom. The van der Waals surface area contributed by atoms with Crippen LogP contribution in [0.1, 0.15) is 37.0 Å². The molecule has 0 radical (unpaired) electrons. The summed E-state index contributed by atoms with van der Waals surface area (Å²) in [6.07, 6.45) is 4.19. The Hall–Kier alpha value is -1.55. The highest BCUT2D eigenvalue weighted by Crippen LogP contribution is 2.22. The monoisotopic (exact) mass is 518 g/mol. The van der Waals surface area contributed by atoms with E-state index in [1.807, 2.05) is 18.2 Å². The molecule has 0 bridgehead atoms. The Morgan fingerprint density at radius 2 is 2.14 bits per heavy atom. The number of nitrogens with zero attached hydrogens (tertiary/aromatic N) is 4. The van der Waals surface area contributed by atoms with Crippen molar-refractivity contribution < 1.29 is 4.74 Å². The number of fused-ring (bicyclic) bond motifs is 1. The van der Waals surface area contributed by atoms with Gasteiger partial charge in [0.25, 0.3) is 0 Å². The molecule has 0 aliphatic carbocycles. The number of hydrogen-bond donors (Lipinski definition) is 2. The molecule has 154 valence electrons. The molecule has 0 unspecified atom stereocenters. The van der Waals surface area contributed by atoms with Crippen molar-refractivity contribution in [1.29, 1.82) is 0 Å². The minimum absolute atomic E-state index is 0. The molecule has 0 spiro atoms. The molecule has 2 N–H and O–H groups in total. The van der Waals surface area contributed by atoms with Crippen LogP contribution < -0.4 is 15.4 Å². The van der Waals surface area contributed by atoms with Crippen molar-refractivity contribution >= 4 is 41.5 Å². The lowest BCUT2D eigenvalue weighted by Gasteiger charge is -2.15. The largest absolute Gasteiger partial charge is 0.497 e. The smallest absolute Gasteiger partial charge is 0.191 e. The number of ether oxygens (including phenoxy) is 1. The fraction of sp³-hybridized carbons (Fsp3) is 0.526. The predicted molar refractivity (Wildman–Crippen MR) is 123 cm³/mol. The Balaban J connectivity index is 0.00000280. The lowest BCUT2D eigenvalue weighted by Crippen LogP contribution is -2.38. The first kappa shape index (κ1) is 22.7. The number of benzene rings is 1. The maximum absolute atomic E-state index is 6.31. The minimum atomic E-state index is 0. The van der Waals surface area contributed by atoms with Crippen LogP contribution in [0.2, 0.25) is 5.02 Å². The fourth-order valence-electron chi connectivity index (χ4n) is 3.15. The molecule has 9 heteroatoms. The first-order valence-electron chi connectivity index (χ1n) is 9.46. The van der Waals surface area contributed by atoms with Crippen molar-refractivity contribution in [2.24, 2.45) is 4.99 Å². The first-order valence-corrected chi connectivity index (χ1v) is 9.84. The van der Waals surface area contributed by atoms with Crippen LogP contribution in [0.3, 0.4) is 0 Å². The quantitative estimate of drug-likeness (QED) is 0.334. The van der Waals surface area contributed by atoms with Gasteiger partial charge in [-0.3, -0.25) is 0 Å². The number of hydrogen-bond acceptors (Lipinski definition) is 4. The fourth-order valence-corrected chi connectivity index (χ4v) is 3.42. The van der Waals surface area contributed by atoms with E-state index in [4.69, 9.17) is 16.3 Å². The summed E-state index contributed by atoms with van der Waals surface area (Å²) in [7, 11) is 1.64. The molecule has 28 heavy (non-hydrogen) atoms. The number of guanidine groups is 1. The average Bonchev–Trinajstić information content (AvgIpc) is 3.10. The van der Waals surface area contributed by atoms with E-state index in [9.17, 15) is 0 Å². The number of halogens is 2. The lowest BCUT2D eigenvalue weighted by atomic mass is 10.1. The summed E-state index contributed by atoms with van der Waals surface area (Å²) in [5.41, 5.74) is 1.08. The molecule has 0 saturated carbocycles. The van der Waals surface area contributed by atoms with Crippen molar-refractivity contribution in [2.45, 2.75) is 45.7 Å². The number of aryl methyl sites for hydroxylation is 1. The second-order valence-electron chi connectivity index (χ2n) is 6.47. The maximum Gasteiger partial charge on any atom is 0.191 e. The normalized spacial score (nSPS) is 13.5. The van der Waals surface area contributed by atoms with E-state index in [2.05, 4.69) is 37.3 Å². The van der Waals surface area contributed by atoms with Gasteiger partial charge in [-0.15, -0.1) is 34.2 Å². The van der Waals surface area contributed by atoms with Gasteiger partial charge in [-0.05, 0) is 43.9 Å². The SMILES string of the molecule is CCNC(=NCc1nnc2n1CCCC2)NCCc1ccc(OC)cc1Cl.I. The summed E-state index contributed by atoms with van der Waals surface area (Å²) >= 11 is 6.31. The molecule has 2 heterocycles. The molecule has 0 amide bonds. The van der Waals surface area contributed by atoms with Gasteiger partial charge in [0.15, 0.2) is 11.8 Å². The molecular formula is C19H28ClIN6O. The third-order valence-corrected chi connectivity index (χ3v) is 4.96. The Labute approximate surface area is 188 Å². The van der Waals surface area contributed by atoms with E-state index in [0.717, 1.165) is 61.4 Å². The van der Waals surface area contributed by atoms with E-state index in [1.165, 1.54) is 12.8 Å². The molecule has 1 aliphatic rings. The molecule has 1 aromatic carbocycles. The van der Waals surface area contributed by atoms with Gasteiger partial charge in [0, 0.05) is 31.1 Å². The van der Waals surface area contributed by atoms with Gasteiger partial charge in [-0.25, -0.2) is 4.99 Å². The van der Waals surface area contributed by atoms with E-state index in [1.54, 1.807) is 7.11 Å². The van der Waals surface area contributed by atoms with Gasteiger partial charge in [0.05, 0.1) is 7.11 Å². The van der Waals surface area contributed by atoms with E-state index >= 15 is 0 Å². The number of nitrogens with one attached hydrogen (secondary N) is 2. The number of rotatable bonds is 7. The highest BCUT2D eigenvalue weighted by molar-refractivity contribution is 14.0. The van der Waals surface area contributed by atoms with Gasteiger partial charge in [0.2, 0.25) is 0 Å². The molecule has 0 atom stereocenters. The zero-order valence-electron chi connectivity index (χ0n) is 16.4. The third-order valence-electron chi connectivity index (χ3n) is 4.61. The predicted octanol–water partition coefficient (Wildman–Crippen LogP) is 3.19. The molecule has 0 fully saturated rings. The van der Waals surface area contributed by atoms with Crippen LogP contribution in [0.4, 0.5) is 0 Å². The number of aliphatic imine (C=N–C) groups is 1. The highest BCUT2D eigenvalue weighted by Gasteiger charge is 2.15. The van der Waals surface area contributed by atoms with Crippen LogP contribution >= 0.6 is 35.6 Å². The summed E-state index contributed by atoms with van der Waals surface area (Å²) in [6, 6.07) is 5.76. The topological polar surface area (TPSA) is 76.4 Å². The van der Waals surface area contributed by atoms with Crippen molar-refractivity contribution in [3.8, 4) is 5.75 Å². The molecule has 1 aliphatic heterocycles. The van der Waals surface area contributed by atoms with Gasteiger partial charge in [-0.1, -0.05) is 17.7 Å². The summed E-state index contributed by atoms with van der Waals surface area (Å²) in [5.74, 6) is 3.55. The zero-order valence-corrected chi connectivity index (χ0v) is 19.5. The highest BCUT2D eigenvalue weighted by atomic mass is 127. The van der Waals surface area contributed by atoms with Gasteiger partial charge >= 0.3 is 0 Å². The standard InChI is InChI=1S/C19H27ClN6O.HI/c1-3-21-19(22-10-9-14-7-8-15(27-2)12-16(14)20)23-13-18-25-24-17-6-4-5-11-26(17)18;/h7-8,12H,3-6,9-11,13H2,1-2H3,(H2,21,22,23);1H. The minimum Gasteiger partial charge on any atom is -0.497 e. The first-order chi connectivity index (χ1) is 13.2. The summed E-state index contributed by atoms with van der Waals surface area (Å²) in [6.45, 7) is 5.10. The van der Waals surface area contributed by atoms with Crippen LogP contribution in [0.5, 0.6) is 5.75 Å². The summed E-state index contributed by atoms with van der Waals surface area (Å²) in [4.78, 5) is 4.66. The lowest BCUT2D eigenvalue weighted by molar-refractivity contribution is 0.414. The van der Waals surface area contributed by atoms with E-state index in [0.29, 0.717) is 11.6 Å². The Bertz CT molecular complexity index is 795. The second-order valence-corrected chi connectivity index (χ2v) is 6.88. The van der Waals surface area contributed by atoms with Crippen LogP contribution in [0, 0.1) is 0 Å². The summed E-state index contributed by atoms with van der Waals surface area (Å²) < 4.78 is 7.39. The number of aromatic nitrogens is 3. The van der Waals surface area contributed by atoms with Gasteiger partial charge in [0.1, 0.15) is 18.1 Å². The second kappa shape index (κ2) is 11.5. The van der Waals surface area contributed by atoms with Crippen molar-refractivity contribution in [1.82, 2.24) is 25.4 Å². The van der Waals surface area contributed by atoms with Crippen LogP contribution in [0.25, 0.3) is 0 Å². The maximum atomic E-state index is 6.31. The molecule has 1 aromatic heterocycles.